The van der Waals surface area contributed by atoms with Gasteiger partial charge in [-0.05, 0) is 66.1 Å². The van der Waals surface area contributed by atoms with E-state index in [4.69, 9.17) is 35.2 Å². The van der Waals surface area contributed by atoms with E-state index in [9.17, 15) is 0 Å². The van der Waals surface area contributed by atoms with Crippen LogP contribution in [0, 0.1) is 0 Å². The van der Waals surface area contributed by atoms with Crippen LogP contribution >= 0.6 is 20.2 Å². The standard InChI is InChI=1S/C29H35N3.2ClH.Fe/c1-20(30-23-18-16-22(17-19-23)28(3,4)5)25-14-11-15-26(32-25)21(2)31-27-13-10-9-12-24(27)29(6,7)8;;;/h9-19H,1-8H3;2*1H;/q;;;+2/p-2. The minimum absolute atomic E-state index is 0.0292. The molecule has 188 valence electrons. The summed E-state index contributed by atoms with van der Waals surface area (Å²) >= 11 is 0.194. The van der Waals surface area contributed by atoms with E-state index < -0.39 is 0 Å². The summed E-state index contributed by atoms with van der Waals surface area (Å²) < 4.78 is 0. The molecule has 0 aliphatic carbocycles. The SMILES string of the molecule is CC(=Nc1ccc(C(C)(C)C)cc1)c1cccc(C(C)=Nc2ccccc2C(C)(C)C)n1.[Cl][Fe][Cl]. The topological polar surface area (TPSA) is 37.6 Å². The molecule has 0 bridgehead atoms. The summed E-state index contributed by atoms with van der Waals surface area (Å²) in [6.45, 7) is 17.3. The van der Waals surface area contributed by atoms with Crippen molar-refractivity contribution in [2.75, 3.05) is 0 Å². The molecule has 2 aromatic carbocycles. The molecule has 0 unspecified atom stereocenters. The molecular weight excluding hydrogens is 517 g/mol. The van der Waals surface area contributed by atoms with Gasteiger partial charge in [-0.2, -0.15) is 0 Å². The second-order valence-electron chi connectivity index (χ2n) is 10.4. The zero-order valence-electron chi connectivity index (χ0n) is 21.8. The van der Waals surface area contributed by atoms with Crippen molar-refractivity contribution >= 4 is 43.0 Å². The number of aliphatic imine (C=N–C) groups is 2. The Hall–Kier alpha value is -1.97. The predicted octanol–water partition coefficient (Wildman–Crippen LogP) is 9.33. The summed E-state index contributed by atoms with van der Waals surface area (Å²) in [5, 5.41) is 0. The van der Waals surface area contributed by atoms with Crippen LogP contribution in [0.25, 0.3) is 0 Å². The molecule has 6 heteroatoms. The van der Waals surface area contributed by atoms with Gasteiger partial charge in [-0.1, -0.05) is 77.9 Å². The number of benzene rings is 2. The number of hydrogen-bond donors (Lipinski definition) is 0. The van der Waals surface area contributed by atoms with Crippen molar-refractivity contribution in [1.82, 2.24) is 4.98 Å². The first-order valence-corrected chi connectivity index (χ1v) is 14.5. The van der Waals surface area contributed by atoms with Gasteiger partial charge in [-0.15, -0.1) is 0 Å². The van der Waals surface area contributed by atoms with Crippen LogP contribution < -0.4 is 0 Å². The van der Waals surface area contributed by atoms with Gasteiger partial charge in [-0.25, -0.2) is 4.98 Å². The molecule has 0 saturated heterocycles. The maximum absolute atomic E-state index is 4.93. The molecule has 0 amide bonds. The predicted molar refractivity (Wildman–Crippen MR) is 150 cm³/mol. The molecule has 0 aliphatic rings. The fourth-order valence-electron chi connectivity index (χ4n) is 3.57. The van der Waals surface area contributed by atoms with Crippen LogP contribution in [0.4, 0.5) is 11.4 Å². The van der Waals surface area contributed by atoms with E-state index in [0.717, 1.165) is 34.2 Å². The number of rotatable bonds is 4. The van der Waals surface area contributed by atoms with Gasteiger partial charge in [0, 0.05) is 0 Å². The molecule has 35 heavy (non-hydrogen) atoms. The maximum atomic E-state index is 4.93. The molecule has 3 rings (SSSR count). The van der Waals surface area contributed by atoms with E-state index >= 15 is 0 Å². The number of pyridine rings is 1. The summed E-state index contributed by atoms with van der Waals surface area (Å²) in [5.41, 5.74) is 8.13. The molecular formula is C29H35Cl2FeN3. The molecule has 1 heterocycles. The molecule has 3 aromatic rings. The Balaban J connectivity index is 0.00000137. The van der Waals surface area contributed by atoms with E-state index in [-0.39, 0.29) is 24.0 Å². The third-order valence-corrected chi connectivity index (χ3v) is 5.52. The fraction of sp³-hybridized carbons (Fsp3) is 0.345. The normalized spacial score (nSPS) is 12.9. The fourth-order valence-corrected chi connectivity index (χ4v) is 3.57. The summed E-state index contributed by atoms with van der Waals surface area (Å²) in [6, 6.07) is 22.8. The van der Waals surface area contributed by atoms with Gasteiger partial charge in [0.15, 0.2) is 0 Å². The average Bonchev–Trinajstić information content (AvgIpc) is 2.79. The van der Waals surface area contributed by atoms with Crippen LogP contribution in [0.2, 0.25) is 0 Å². The van der Waals surface area contributed by atoms with Gasteiger partial charge >= 0.3 is 33.3 Å². The molecule has 0 atom stereocenters. The number of hydrogen-bond acceptors (Lipinski definition) is 3. The Morgan fingerprint density at radius 1 is 0.686 bits per heavy atom. The summed E-state index contributed by atoms with van der Waals surface area (Å²) in [7, 11) is 9.53. The van der Waals surface area contributed by atoms with Crippen molar-refractivity contribution in [2.24, 2.45) is 9.98 Å². The van der Waals surface area contributed by atoms with Crippen molar-refractivity contribution in [1.29, 1.82) is 0 Å². The first-order chi connectivity index (χ1) is 16.4. The van der Waals surface area contributed by atoms with Crippen molar-refractivity contribution in [3.63, 3.8) is 0 Å². The summed E-state index contributed by atoms with van der Waals surface area (Å²) in [4.78, 5) is 14.6. The van der Waals surface area contributed by atoms with Crippen molar-refractivity contribution in [3.8, 4) is 0 Å². The second-order valence-corrected chi connectivity index (χ2v) is 12.2. The summed E-state index contributed by atoms with van der Waals surface area (Å²) in [5.74, 6) is 0. The van der Waals surface area contributed by atoms with Crippen LogP contribution in [-0.4, -0.2) is 16.4 Å². The quantitative estimate of drug-likeness (QED) is 0.235. The van der Waals surface area contributed by atoms with E-state index in [1.54, 1.807) is 0 Å². The first kappa shape index (κ1) is 29.3. The summed E-state index contributed by atoms with van der Waals surface area (Å²) in [6.07, 6.45) is 0. The van der Waals surface area contributed by atoms with E-state index in [1.165, 1.54) is 11.1 Å². The average molecular weight is 552 g/mol. The Kier molecular flexibility index (Phi) is 10.7. The zero-order valence-corrected chi connectivity index (χ0v) is 24.4. The van der Waals surface area contributed by atoms with E-state index in [1.807, 2.05) is 38.1 Å². The van der Waals surface area contributed by atoms with Crippen LogP contribution in [-0.2, 0) is 24.0 Å². The molecule has 0 aliphatic heterocycles. The molecule has 3 nitrogen and oxygen atoms in total. The van der Waals surface area contributed by atoms with Crippen LogP contribution in [0.1, 0.15) is 77.9 Å². The molecule has 0 saturated carbocycles. The Morgan fingerprint density at radius 3 is 1.71 bits per heavy atom. The van der Waals surface area contributed by atoms with Gasteiger partial charge in [0.1, 0.15) is 0 Å². The van der Waals surface area contributed by atoms with Crippen molar-refractivity contribution in [3.05, 3.63) is 89.2 Å². The first-order valence-electron chi connectivity index (χ1n) is 11.5. The third-order valence-electron chi connectivity index (χ3n) is 5.52. The second kappa shape index (κ2) is 12.8. The van der Waals surface area contributed by atoms with Gasteiger partial charge in [0.05, 0.1) is 34.2 Å². The van der Waals surface area contributed by atoms with Gasteiger partial charge < -0.3 is 0 Å². The van der Waals surface area contributed by atoms with Gasteiger partial charge in [0.2, 0.25) is 0 Å². The Labute approximate surface area is 225 Å². The van der Waals surface area contributed by atoms with E-state index in [2.05, 4.69) is 84.0 Å². The Bertz CT molecular complexity index is 1170. The van der Waals surface area contributed by atoms with Crippen LogP contribution in [0.15, 0.2) is 76.7 Å². The minimum atomic E-state index is 0.0292. The number of halogens is 2. The molecule has 0 fully saturated rings. The number of nitrogens with zero attached hydrogens (tertiary/aromatic N) is 3. The van der Waals surface area contributed by atoms with Crippen LogP contribution in [0.5, 0.6) is 0 Å². The molecule has 0 spiro atoms. The number of aromatic nitrogens is 1. The van der Waals surface area contributed by atoms with Gasteiger partial charge in [0.25, 0.3) is 0 Å². The van der Waals surface area contributed by atoms with Gasteiger partial charge in [-0.3, -0.25) is 9.98 Å². The van der Waals surface area contributed by atoms with E-state index in [0.29, 0.717) is 0 Å². The van der Waals surface area contributed by atoms with Crippen LogP contribution in [0.3, 0.4) is 0 Å². The molecule has 0 radical (unpaired) electrons. The third kappa shape index (κ3) is 8.88. The zero-order chi connectivity index (χ0) is 26.2. The number of para-hydroxylation sites is 1. The molecule has 0 N–H and O–H groups in total. The van der Waals surface area contributed by atoms with Crippen molar-refractivity contribution < 1.29 is 13.1 Å². The molecule has 1 aromatic heterocycles. The Morgan fingerprint density at radius 2 is 1.20 bits per heavy atom. The van der Waals surface area contributed by atoms with Crippen molar-refractivity contribution in [2.45, 2.75) is 66.2 Å². The monoisotopic (exact) mass is 551 g/mol.